The van der Waals surface area contributed by atoms with Crippen molar-refractivity contribution >= 4 is 0 Å². The van der Waals surface area contributed by atoms with E-state index in [2.05, 4.69) is 46.4 Å². The Kier molecular flexibility index (Phi) is 4.13. The number of para-hydroxylation sites is 1. The summed E-state index contributed by atoms with van der Waals surface area (Å²) in [5, 5.41) is 8.60. The lowest BCUT2D eigenvalue weighted by Gasteiger charge is -2.14. The van der Waals surface area contributed by atoms with Crippen LogP contribution >= 0.6 is 0 Å². The molecule has 4 rings (SSSR count). The molecule has 1 saturated heterocycles. The Hall–Kier alpha value is -2.46. The van der Waals surface area contributed by atoms with Crippen LogP contribution in [0.15, 0.2) is 60.8 Å². The lowest BCUT2D eigenvalue weighted by Crippen LogP contribution is -2.20. The second-order valence-corrected chi connectivity index (χ2v) is 6.62. The Morgan fingerprint density at radius 1 is 1.08 bits per heavy atom. The highest BCUT2D eigenvalue weighted by Crippen LogP contribution is 2.28. The predicted molar refractivity (Wildman–Crippen MR) is 95.2 cm³/mol. The predicted octanol–water partition coefficient (Wildman–Crippen LogP) is 3.57. The normalized spacial score (nSPS) is 18.1. The summed E-state index contributed by atoms with van der Waals surface area (Å²) in [5.41, 5.74) is 4.89. The molecule has 24 heavy (non-hydrogen) atoms. The molecule has 122 valence electrons. The lowest BCUT2D eigenvalue weighted by molar-refractivity contribution is 0.322. The summed E-state index contributed by atoms with van der Waals surface area (Å²) in [6.45, 7) is 5.26. The molecule has 1 aliphatic heterocycles. The van der Waals surface area contributed by atoms with E-state index in [0.717, 1.165) is 31.0 Å². The number of likely N-dealkylation sites (tertiary alicyclic amines) is 1. The van der Waals surface area contributed by atoms with Crippen molar-refractivity contribution in [3.63, 3.8) is 0 Å². The molecule has 0 aliphatic carbocycles. The van der Waals surface area contributed by atoms with Crippen LogP contribution in [0.25, 0.3) is 5.69 Å². The number of aryl methyl sites for hydroxylation is 1. The summed E-state index contributed by atoms with van der Waals surface area (Å²) < 4.78 is 1.85. The van der Waals surface area contributed by atoms with Gasteiger partial charge in [-0.3, -0.25) is 4.90 Å². The van der Waals surface area contributed by atoms with Crippen LogP contribution in [0.5, 0.6) is 0 Å². The molecule has 1 atom stereocenters. The zero-order valence-corrected chi connectivity index (χ0v) is 14.0. The van der Waals surface area contributed by atoms with Gasteiger partial charge in [-0.2, -0.15) is 0 Å². The number of benzene rings is 2. The van der Waals surface area contributed by atoms with Gasteiger partial charge in [0.1, 0.15) is 0 Å². The molecule has 0 amide bonds. The van der Waals surface area contributed by atoms with Gasteiger partial charge in [-0.1, -0.05) is 53.2 Å². The van der Waals surface area contributed by atoms with E-state index < -0.39 is 0 Å². The molecule has 2 heterocycles. The van der Waals surface area contributed by atoms with Gasteiger partial charge in [0, 0.05) is 13.1 Å². The third kappa shape index (κ3) is 3.24. The fourth-order valence-electron chi connectivity index (χ4n) is 3.48. The summed E-state index contributed by atoms with van der Waals surface area (Å²) in [5.74, 6) is 0.633. The Morgan fingerprint density at radius 2 is 1.96 bits per heavy atom. The van der Waals surface area contributed by atoms with E-state index in [4.69, 9.17) is 0 Å². The average molecular weight is 318 g/mol. The van der Waals surface area contributed by atoms with E-state index in [0.29, 0.717) is 5.92 Å². The van der Waals surface area contributed by atoms with E-state index in [-0.39, 0.29) is 0 Å². The van der Waals surface area contributed by atoms with Crippen LogP contribution in [0, 0.1) is 6.92 Å². The maximum absolute atomic E-state index is 4.34. The van der Waals surface area contributed by atoms with Crippen molar-refractivity contribution in [1.82, 2.24) is 19.9 Å². The molecule has 0 radical (unpaired) electrons. The van der Waals surface area contributed by atoms with Crippen LogP contribution in [-0.2, 0) is 6.54 Å². The fraction of sp³-hybridized carbons (Fsp3) is 0.300. The van der Waals surface area contributed by atoms with E-state index >= 15 is 0 Å². The number of hydrogen-bond acceptors (Lipinski definition) is 3. The number of hydrogen-bond donors (Lipinski definition) is 0. The maximum atomic E-state index is 4.34. The number of rotatable bonds is 4. The second-order valence-electron chi connectivity index (χ2n) is 6.62. The lowest BCUT2D eigenvalue weighted by atomic mass is 9.97. The Balaban J connectivity index is 1.41. The second kappa shape index (κ2) is 6.57. The molecule has 4 heteroatoms. The van der Waals surface area contributed by atoms with Gasteiger partial charge in [0.2, 0.25) is 0 Å². The summed E-state index contributed by atoms with van der Waals surface area (Å²) >= 11 is 0. The van der Waals surface area contributed by atoms with Gasteiger partial charge in [-0.25, -0.2) is 4.68 Å². The summed E-state index contributed by atoms with van der Waals surface area (Å²) in [4.78, 5) is 2.48. The van der Waals surface area contributed by atoms with Crippen molar-refractivity contribution in [3.8, 4) is 5.69 Å². The zero-order chi connectivity index (χ0) is 16.4. The molecule has 1 aromatic heterocycles. The minimum absolute atomic E-state index is 0.633. The summed E-state index contributed by atoms with van der Waals surface area (Å²) in [7, 11) is 0. The smallest absolute Gasteiger partial charge is 0.0971 e. The van der Waals surface area contributed by atoms with Crippen LogP contribution in [0.2, 0.25) is 0 Å². The molecule has 0 bridgehead atoms. The molecular formula is C20H22N4. The van der Waals surface area contributed by atoms with Gasteiger partial charge >= 0.3 is 0 Å². The molecule has 0 spiro atoms. The molecule has 2 aromatic carbocycles. The van der Waals surface area contributed by atoms with Crippen molar-refractivity contribution in [1.29, 1.82) is 0 Å². The Morgan fingerprint density at radius 3 is 2.79 bits per heavy atom. The van der Waals surface area contributed by atoms with Gasteiger partial charge in [-0.15, -0.1) is 5.10 Å². The highest BCUT2D eigenvalue weighted by atomic mass is 15.4. The third-order valence-corrected chi connectivity index (χ3v) is 4.73. The van der Waals surface area contributed by atoms with Crippen molar-refractivity contribution in [2.45, 2.75) is 25.8 Å². The average Bonchev–Trinajstić information content (AvgIpc) is 3.26. The monoisotopic (exact) mass is 318 g/mol. The minimum atomic E-state index is 0.633. The highest BCUT2D eigenvalue weighted by Gasteiger charge is 2.24. The Bertz CT molecular complexity index is 809. The molecule has 4 nitrogen and oxygen atoms in total. The van der Waals surface area contributed by atoms with Gasteiger partial charge in [0.15, 0.2) is 0 Å². The maximum Gasteiger partial charge on any atom is 0.0971 e. The highest BCUT2D eigenvalue weighted by molar-refractivity contribution is 5.30. The first-order valence-electron chi connectivity index (χ1n) is 8.53. The molecule has 1 aliphatic rings. The van der Waals surface area contributed by atoms with Crippen molar-refractivity contribution in [2.24, 2.45) is 0 Å². The molecule has 3 aromatic rings. The first-order valence-corrected chi connectivity index (χ1v) is 8.53. The first kappa shape index (κ1) is 15.1. The third-order valence-electron chi connectivity index (χ3n) is 4.73. The SMILES string of the molecule is Cc1cccc(C2CCN(Cc3cn(-c4ccccc4)nn3)C2)c1. The largest absolute Gasteiger partial charge is 0.297 e. The van der Waals surface area contributed by atoms with E-state index in [1.54, 1.807) is 0 Å². The zero-order valence-electron chi connectivity index (χ0n) is 14.0. The standard InChI is InChI=1S/C20H22N4/c1-16-6-5-7-17(12-16)18-10-11-23(13-18)14-19-15-24(22-21-19)20-8-3-2-4-9-20/h2-9,12,15,18H,10-11,13-14H2,1H3. The van der Waals surface area contributed by atoms with E-state index in [1.165, 1.54) is 17.5 Å². The van der Waals surface area contributed by atoms with Crippen molar-refractivity contribution < 1.29 is 0 Å². The van der Waals surface area contributed by atoms with Crippen LogP contribution < -0.4 is 0 Å². The quantitative estimate of drug-likeness (QED) is 0.737. The fourth-order valence-corrected chi connectivity index (χ4v) is 3.48. The molecule has 0 N–H and O–H groups in total. The molecule has 0 saturated carbocycles. The van der Waals surface area contributed by atoms with Crippen LogP contribution in [0.3, 0.4) is 0 Å². The number of aromatic nitrogens is 3. The van der Waals surface area contributed by atoms with Gasteiger partial charge in [-0.05, 0) is 43.5 Å². The number of nitrogens with zero attached hydrogens (tertiary/aromatic N) is 4. The van der Waals surface area contributed by atoms with E-state index in [9.17, 15) is 0 Å². The van der Waals surface area contributed by atoms with Gasteiger partial charge in [0.05, 0.1) is 17.6 Å². The first-order chi connectivity index (χ1) is 11.8. The summed E-state index contributed by atoms with van der Waals surface area (Å²) in [6, 6.07) is 19.0. The van der Waals surface area contributed by atoms with E-state index in [1.807, 2.05) is 41.2 Å². The Labute approximate surface area is 142 Å². The summed E-state index contributed by atoms with van der Waals surface area (Å²) in [6.07, 6.45) is 3.26. The van der Waals surface area contributed by atoms with Crippen LogP contribution in [-0.4, -0.2) is 33.0 Å². The van der Waals surface area contributed by atoms with Crippen LogP contribution in [0.4, 0.5) is 0 Å². The van der Waals surface area contributed by atoms with Crippen LogP contribution in [0.1, 0.15) is 29.2 Å². The molecular weight excluding hydrogens is 296 g/mol. The van der Waals surface area contributed by atoms with Crippen molar-refractivity contribution in [3.05, 3.63) is 77.6 Å². The van der Waals surface area contributed by atoms with Crippen molar-refractivity contribution in [2.75, 3.05) is 13.1 Å². The molecule has 1 fully saturated rings. The van der Waals surface area contributed by atoms with Gasteiger partial charge < -0.3 is 0 Å². The van der Waals surface area contributed by atoms with Gasteiger partial charge in [0.25, 0.3) is 0 Å². The topological polar surface area (TPSA) is 34.0 Å². The minimum Gasteiger partial charge on any atom is -0.297 e. The molecule has 1 unspecified atom stereocenters.